The maximum atomic E-state index is 11.5. The number of esters is 2. The largest absolute Gasteiger partial charge is 0.466 e. The van der Waals surface area contributed by atoms with E-state index in [9.17, 15) is 14.4 Å². The van der Waals surface area contributed by atoms with E-state index in [0.717, 1.165) is 12.2 Å². The van der Waals surface area contributed by atoms with Crippen molar-refractivity contribution < 1.29 is 23.9 Å². The summed E-state index contributed by atoms with van der Waals surface area (Å²) in [6.45, 7) is 3.71. The van der Waals surface area contributed by atoms with Crippen molar-refractivity contribution in [3.05, 3.63) is 36.1 Å². The molecule has 19 heavy (non-hydrogen) atoms. The molecule has 0 aromatic rings. The molecule has 102 valence electrons. The molecule has 0 aromatic carbocycles. The normalized spacial score (nSPS) is 14.9. The highest BCUT2D eigenvalue weighted by Crippen LogP contribution is 2.12. The molecular weight excluding hydrogens is 250 g/mol. The highest BCUT2D eigenvalue weighted by atomic mass is 16.5. The van der Waals surface area contributed by atoms with Crippen molar-refractivity contribution in [1.29, 1.82) is 0 Å². The first kappa shape index (κ1) is 14.7. The fraction of sp³-hybridized carbons (Fsp3) is 0.308. The van der Waals surface area contributed by atoms with Crippen LogP contribution < -0.4 is 5.32 Å². The van der Waals surface area contributed by atoms with Gasteiger partial charge in [0.25, 0.3) is 5.91 Å². The SMILES string of the molecule is C=C1CC=C(CCOC(=O)/C=C/C(=O)OC)C(=O)N1. The molecule has 1 amide bonds. The van der Waals surface area contributed by atoms with E-state index in [1.54, 1.807) is 6.08 Å². The van der Waals surface area contributed by atoms with Gasteiger partial charge in [0, 0.05) is 36.3 Å². The number of ether oxygens (including phenoxy) is 2. The molecule has 0 fully saturated rings. The Morgan fingerprint density at radius 3 is 2.74 bits per heavy atom. The van der Waals surface area contributed by atoms with Crippen molar-refractivity contribution in [3.63, 3.8) is 0 Å². The fourth-order valence-corrected chi connectivity index (χ4v) is 1.36. The van der Waals surface area contributed by atoms with E-state index in [-0.39, 0.29) is 12.5 Å². The van der Waals surface area contributed by atoms with Gasteiger partial charge in [0.1, 0.15) is 0 Å². The van der Waals surface area contributed by atoms with Crippen LogP contribution >= 0.6 is 0 Å². The summed E-state index contributed by atoms with van der Waals surface area (Å²) >= 11 is 0. The predicted molar refractivity (Wildman–Crippen MR) is 66.7 cm³/mol. The molecule has 1 heterocycles. The van der Waals surface area contributed by atoms with Crippen LogP contribution in [0.5, 0.6) is 0 Å². The summed E-state index contributed by atoms with van der Waals surface area (Å²) in [5.41, 5.74) is 1.20. The van der Waals surface area contributed by atoms with Gasteiger partial charge < -0.3 is 14.8 Å². The highest BCUT2D eigenvalue weighted by Gasteiger charge is 2.15. The number of amides is 1. The Bertz CT molecular complexity index is 462. The molecular formula is C13H15NO5. The number of carbonyl (C=O) groups excluding carboxylic acids is 3. The smallest absolute Gasteiger partial charge is 0.331 e. The third-order valence-electron chi connectivity index (χ3n) is 2.35. The van der Waals surface area contributed by atoms with Gasteiger partial charge in [-0.2, -0.15) is 0 Å². The van der Waals surface area contributed by atoms with Gasteiger partial charge in [-0.15, -0.1) is 0 Å². The zero-order chi connectivity index (χ0) is 14.3. The minimum atomic E-state index is -0.661. The Morgan fingerprint density at radius 1 is 1.42 bits per heavy atom. The van der Waals surface area contributed by atoms with Crippen molar-refractivity contribution in [2.24, 2.45) is 0 Å². The summed E-state index contributed by atoms with van der Waals surface area (Å²) in [7, 11) is 1.21. The maximum absolute atomic E-state index is 11.5. The average molecular weight is 265 g/mol. The second-order valence-electron chi connectivity index (χ2n) is 3.77. The molecule has 6 nitrogen and oxygen atoms in total. The van der Waals surface area contributed by atoms with Crippen LogP contribution in [0.1, 0.15) is 12.8 Å². The maximum Gasteiger partial charge on any atom is 0.331 e. The summed E-state index contributed by atoms with van der Waals surface area (Å²) < 4.78 is 9.16. The monoisotopic (exact) mass is 265 g/mol. The second-order valence-corrected chi connectivity index (χ2v) is 3.77. The van der Waals surface area contributed by atoms with E-state index in [1.807, 2.05) is 0 Å². The third kappa shape index (κ3) is 5.20. The van der Waals surface area contributed by atoms with E-state index in [4.69, 9.17) is 4.74 Å². The minimum absolute atomic E-state index is 0.0656. The van der Waals surface area contributed by atoms with Gasteiger partial charge in [0.2, 0.25) is 0 Å². The van der Waals surface area contributed by atoms with Crippen molar-refractivity contribution >= 4 is 17.8 Å². The standard InChI is InChI=1S/C13H15NO5/c1-9-3-4-10(13(17)14-9)7-8-19-12(16)6-5-11(15)18-2/h4-6H,1,3,7-8H2,2H3,(H,14,17)/b6-5+. The number of carbonyl (C=O) groups is 3. The van der Waals surface area contributed by atoms with E-state index < -0.39 is 11.9 Å². The van der Waals surface area contributed by atoms with Crippen molar-refractivity contribution in [2.75, 3.05) is 13.7 Å². The lowest BCUT2D eigenvalue weighted by Gasteiger charge is -2.15. The van der Waals surface area contributed by atoms with Gasteiger partial charge in [-0.05, 0) is 0 Å². The first-order chi connectivity index (χ1) is 9.02. The van der Waals surface area contributed by atoms with Crippen LogP contribution in [0.4, 0.5) is 0 Å². The van der Waals surface area contributed by atoms with E-state index >= 15 is 0 Å². The number of rotatable bonds is 5. The van der Waals surface area contributed by atoms with Crippen molar-refractivity contribution in [1.82, 2.24) is 5.32 Å². The minimum Gasteiger partial charge on any atom is -0.466 e. The number of methoxy groups -OCH3 is 1. The topological polar surface area (TPSA) is 81.7 Å². The summed E-state index contributed by atoms with van der Waals surface area (Å²) in [6.07, 6.45) is 4.59. The molecule has 1 N–H and O–H groups in total. The van der Waals surface area contributed by atoms with Crippen molar-refractivity contribution in [2.45, 2.75) is 12.8 Å². The predicted octanol–water partition coefficient (Wildman–Crippen LogP) is 0.609. The van der Waals surface area contributed by atoms with Crippen LogP contribution in [-0.4, -0.2) is 31.6 Å². The van der Waals surface area contributed by atoms with Gasteiger partial charge >= 0.3 is 11.9 Å². The molecule has 0 radical (unpaired) electrons. The first-order valence-corrected chi connectivity index (χ1v) is 5.64. The zero-order valence-corrected chi connectivity index (χ0v) is 10.6. The summed E-state index contributed by atoms with van der Waals surface area (Å²) in [5, 5.41) is 2.60. The van der Waals surface area contributed by atoms with E-state index in [1.165, 1.54) is 7.11 Å². The number of hydrogen-bond acceptors (Lipinski definition) is 5. The Labute approximate surface area is 110 Å². The number of allylic oxidation sites excluding steroid dienone is 1. The lowest BCUT2D eigenvalue weighted by molar-refractivity contribution is -0.139. The molecule has 0 saturated heterocycles. The number of nitrogens with one attached hydrogen (secondary N) is 1. The summed E-state index contributed by atoms with van der Waals surface area (Å²) in [4.78, 5) is 33.4. The molecule has 1 rings (SSSR count). The average Bonchev–Trinajstić information content (AvgIpc) is 2.38. The molecule has 0 atom stereocenters. The molecule has 1 aliphatic rings. The van der Waals surface area contributed by atoms with Gasteiger partial charge in [0.15, 0.2) is 0 Å². The van der Waals surface area contributed by atoms with Crippen LogP contribution in [0.2, 0.25) is 0 Å². The Balaban J connectivity index is 2.33. The molecule has 1 aliphatic heterocycles. The molecule has 0 spiro atoms. The van der Waals surface area contributed by atoms with Gasteiger partial charge in [-0.1, -0.05) is 12.7 Å². The molecule has 0 unspecified atom stereocenters. The molecule has 0 aromatic heterocycles. The Morgan fingerprint density at radius 2 is 2.11 bits per heavy atom. The molecule has 0 saturated carbocycles. The summed E-state index contributed by atoms with van der Waals surface area (Å²) in [6, 6.07) is 0. The van der Waals surface area contributed by atoms with E-state index in [2.05, 4.69) is 16.6 Å². The molecule has 0 aliphatic carbocycles. The second kappa shape index (κ2) is 7.15. The van der Waals surface area contributed by atoms with Gasteiger partial charge in [-0.3, -0.25) is 4.79 Å². The lowest BCUT2D eigenvalue weighted by atomic mass is 10.1. The van der Waals surface area contributed by atoms with Crippen LogP contribution in [0.25, 0.3) is 0 Å². The van der Waals surface area contributed by atoms with Gasteiger partial charge in [-0.25, -0.2) is 9.59 Å². The third-order valence-corrected chi connectivity index (χ3v) is 2.35. The number of hydrogen-bond donors (Lipinski definition) is 1. The van der Waals surface area contributed by atoms with Crippen LogP contribution in [0, 0.1) is 0 Å². The van der Waals surface area contributed by atoms with Gasteiger partial charge in [0.05, 0.1) is 13.7 Å². The zero-order valence-electron chi connectivity index (χ0n) is 10.6. The highest BCUT2D eigenvalue weighted by molar-refractivity contribution is 5.95. The first-order valence-electron chi connectivity index (χ1n) is 5.64. The fourth-order valence-electron chi connectivity index (χ4n) is 1.36. The Kier molecular flexibility index (Phi) is 5.53. The quantitative estimate of drug-likeness (QED) is 0.581. The Hall–Kier alpha value is -2.37. The van der Waals surface area contributed by atoms with E-state index in [0.29, 0.717) is 24.1 Å². The lowest BCUT2D eigenvalue weighted by Crippen LogP contribution is -2.27. The molecule has 0 bridgehead atoms. The van der Waals surface area contributed by atoms with Crippen LogP contribution in [0.3, 0.4) is 0 Å². The summed E-state index contributed by atoms with van der Waals surface area (Å²) in [5.74, 6) is -1.52. The van der Waals surface area contributed by atoms with Crippen LogP contribution in [0.15, 0.2) is 36.1 Å². The molecule has 6 heteroatoms. The van der Waals surface area contributed by atoms with Crippen molar-refractivity contribution in [3.8, 4) is 0 Å². The van der Waals surface area contributed by atoms with Crippen LogP contribution in [-0.2, 0) is 23.9 Å².